The molecule has 3 aromatic rings. The number of aromatic nitrogens is 2. The quantitative estimate of drug-likeness (QED) is 0.397. The summed E-state index contributed by atoms with van der Waals surface area (Å²) in [5.41, 5.74) is 0.865. The molecule has 3 nitrogen and oxygen atoms in total. The summed E-state index contributed by atoms with van der Waals surface area (Å²) in [7, 11) is 0. The van der Waals surface area contributed by atoms with Gasteiger partial charge in [-0.25, -0.2) is 9.97 Å². The largest absolute Gasteiger partial charge is 0.369 e. The van der Waals surface area contributed by atoms with Crippen molar-refractivity contribution in [1.29, 1.82) is 0 Å². The molecule has 0 saturated heterocycles. The molecular weight excluding hydrogens is 314 g/mol. The van der Waals surface area contributed by atoms with Crippen molar-refractivity contribution in [2.75, 3.05) is 17.6 Å². The molecule has 0 aliphatic rings. The summed E-state index contributed by atoms with van der Waals surface area (Å²) < 4.78 is 0. The Hall–Kier alpha value is -1.78. The van der Waals surface area contributed by atoms with Crippen molar-refractivity contribution in [2.45, 2.75) is 11.3 Å². The van der Waals surface area contributed by atoms with Crippen LogP contribution in [0.4, 0.5) is 5.82 Å². The zero-order chi connectivity index (χ0) is 15.2. The summed E-state index contributed by atoms with van der Waals surface area (Å²) in [6.45, 7) is 0.858. The van der Waals surface area contributed by atoms with Crippen molar-refractivity contribution in [2.24, 2.45) is 0 Å². The van der Waals surface area contributed by atoms with Gasteiger partial charge in [0.05, 0.1) is 5.52 Å². The van der Waals surface area contributed by atoms with Gasteiger partial charge < -0.3 is 5.32 Å². The fourth-order valence-corrected chi connectivity index (χ4v) is 3.22. The number of anilines is 1. The number of hydrogen-bond donors (Lipinski definition) is 1. The van der Waals surface area contributed by atoms with Crippen molar-refractivity contribution in [3.63, 3.8) is 0 Å². The molecule has 0 fully saturated rings. The molecule has 0 amide bonds. The summed E-state index contributed by atoms with van der Waals surface area (Å²) in [4.78, 5) is 9.83. The first kappa shape index (κ1) is 15.1. The minimum atomic E-state index is 0.278. The number of halogens is 1. The molecule has 0 saturated carbocycles. The lowest BCUT2D eigenvalue weighted by Gasteiger charge is -2.09. The summed E-state index contributed by atoms with van der Waals surface area (Å²) in [5, 5.41) is 4.65. The van der Waals surface area contributed by atoms with E-state index in [0.717, 1.165) is 35.4 Å². The number of fused-ring (bicyclic) bond motifs is 1. The molecule has 1 heterocycles. The zero-order valence-corrected chi connectivity index (χ0v) is 13.6. The molecule has 0 unspecified atom stereocenters. The van der Waals surface area contributed by atoms with Gasteiger partial charge in [-0.05, 0) is 48.0 Å². The highest BCUT2D eigenvalue weighted by Gasteiger charge is 2.05. The Morgan fingerprint density at radius 1 is 0.955 bits per heavy atom. The van der Waals surface area contributed by atoms with E-state index < -0.39 is 0 Å². The molecule has 5 heteroatoms. The monoisotopic (exact) mass is 329 g/mol. The van der Waals surface area contributed by atoms with Crippen LogP contribution < -0.4 is 5.32 Å². The maximum Gasteiger partial charge on any atom is 0.224 e. The predicted molar refractivity (Wildman–Crippen MR) is 94.8 cm³/mol. The van der Waals surface area contributed by atoms with Crippen LogP contribution in [0.1, 0.15) is 6.42 Å². The number of benzene rings is 2. The molecule has 112 valence electrons. The van der Waals surface area contributed by atoms with Crippen LogP contribution in [0.5, 0.6) is 0 Å². The third-order valence-electron chi connectivity index (χ3n) is 3.20. The van der Waals surface area contributed by atoms with E-state index in [1.807, 2.05) is 42.1 Å². The molecule has 0 radical (unpaired) electrons. The fourth-order valence-electron chi connectivity index (χ4n) is 2.17. The molecule has 1 aromatic heterocycles. The van der Waals surface area contributed by atoms with E-state index in [-0.39, 0.29) is 5.28 Å². The number of hydrogen-bond acceptors (Lipinski definition) is 4. The second-order valence-corrected chi connectivity index (χ2v) is 6.31. The highest BCUT2D eigenvalue weighted by Crippen LogP contribution is 2.22. The topological polar surface area (TPSA) is 37.8 Å². The van der Waals surface area contributed by atoms with Crippen molar-refractivity contribution >= 4 is 40.1 Å². The SMILES string of the molecule is Clc1nc(NCCCSc2ccccc2)c2ccccc2n1. The van der Waals surface area contributed by atoms with Gasteiger partial charge in [-0.15, -0.1) is 11.8 Å². The van der Waals surface area contributed by atoms with Crippen molar-refractivity contribution in [3.05, 3.63) is 59.9 Å². The van der Waals surface area contributed by atoms with Crippen LogP contribution in [0.25, 0.3) is 10.9 Å². The average Bonchev–Trinajstić information content (AvgIpc) is 2.55. The van der Waals surface area contributed by atoms with Gasteiger partial charge in [-0.2, -0.15) is 0 Å². The molecule has 0 spiro atoms. The van der Waals surface area contributed by atoms with Gasteiger partial charge in [0.2, 0.25) is 5.28 Å². The van der Waals surface area contributed by atoms with E-state index >= 15 is 0 Å². The van der Waals surface area contributed by atoms with Gasteiger partial charge in [0.25, 0.3) is 0 Å². The Labute approximate surface area is 139 Å². The van der Waals surface area contributed by atoms with Crippen LogP contribution in [0.3, 0.4) is 0 Å². The van der Waals surface area contributed by atoms with E-state index in [0.29, 0.717) is 0 Å². The molecule has 1 N–H and O–H groups in total. The van der Waals surface area contributed by atoms with Crippen LogP contribution in [0, 0.1) is 0 Å². The smallest absolute Gasteiger partial charge is 0.224 e. The Kier molecular flexibility index (Phi) is 5.14. The van der Waals surface area contributed by atoms with Gasteiger partial charge in [-0.1, -0.05) is 30.3 Å². The second kappa shape index (κ2) is 7.47. The summed E-state index contributed by atoms with van der Waals surface area (Å²) >= 11 is 7.84. The number of thioether (sulfide) groups is 1. The van der Waals surface area contributed by atoms with Crippen LogP contribution in [-0.2, 0) is 0 Å². The van der Waals surface area contributed by atoms with Crippen molar-refractivity contribution < 1.29 is 0 Å². The molecule has 0 aliphatic heterocycles. The van der Waals surface area contributed by atoms with E-state index in [1.165, 1.54) is 4.90 Å². The number of rotatable bonds is 6. The Morgan fingerprint density at radius 2 is 1.73 bits per heavy atom. The fraction of sp³-hybridized carbons (Fsp3) is 0.176. The molecule has 22 heavy (non-hydrogen) atoms. The first-order chi connectivity index (χ1) is 10.8. The van der Waals surface area contributed by atoms with Crippen LogP contribution >= 0.6 is 23.4 Å². The van der Waals surface area contributed by atoms with Crippen LogP contribution in [-0.4, -0.2) is 22.3 Å². The van der Waals surface area contributed by atoms with E-state index in [1.54, 1.807) is 0 Å². The summed E-state index contributed by atoms with van der Waals surface area (Å²) in [6.07, 6.45) is 1.05. The van der Waals surface area contributed by atoms with Gasteiger partial charge in [0, 0.05) is 16.8 Å². The first-order valence-electron chi connectivity index (χ1n) is 7.17. The third kappa shape index (κ3) is 3.90. The molecule has 0 bridgehead atoms. The van der Waals surface area contributed by atoms with Gasteiger partial charge in [0.1, 0.15) is 5.82 Å². The van der Waals surface area contributed by atoms with Gasteiger partial charge in [-0.3, -0.25) is 0 Å². The maximum atomic E-state index is 5.98. The van der Waals surface area contributed by atoms with Crippen molar-refractivity contribution in [3.8, 4) is 0 Å². The molecule has 3 rings (SSSR count). The molecule has 0 atom stereocenters. The zero-order valence-electron chi connectivity index (χ0n) is 12.0. The van der Waals surface area contributed by atoms with Crippen LogP contribution in [0.2, 0.25) is 5.28 Å². The predicted octanol–water partition coefficient (Wildman–Crippen LogP) is 4.88. The summed E-state index contributed by atoms with van der Waals surface area (Å²) in [6, 6.07) is 18.3. The lowest BCUT2D eigenvalue weighted by Crippen LogP contribution is -2.05. The van der Waals surface area contributed by atoms with E-state index in [9.17, 15) is 0 Å². The second-order valence-electron chi connectivity index (χ2n) is 4.80. The maximum absolute atomic E-state index is 5.98. The Bertz CT molecular complexity index is 749. The number of nitrogens with one attached hydrogen (secondary N) is 1. The normalized spacial score (nSPS) is 10.8. The highest BCUT2D eigenvalue weighted by atomic mass is 35.5. The lowest BCUT2D eigenvalue weighted by atomic mass is 10.2. The number of nitrogens with zero attached hydrogens (tertiary/aromatic N) is 2. The lowest BCUT2D eigenvalue weighted by molar-refractivity contribution is 0.980. The van der Waals surface area contributed by atoms with E-state index in [2.05, 4.69) is 39.6 Å². The molecule has 0 aliphatic carbocycles. The standard InChI is InChI=1S/C17H16ClN3S/c18-17-20-15-10-5-4-9-14(15)16(21-17)19-11-6-12-22-13-7-2-1-3-8-13/h1-5,7-10H,6,11-12H2,(H,19,20,21). The van der Waals surface area contributed by atoms with Gasteiger partial charge >= 0.3 is 0 Å². The molecule has 2 aromatic carbocycles. The summed E-state index contributed by atoms with van der Waals surface area (Å²) in [5.74, 6) is 1.87. The van der Waals surface area contributed by atoms with E-state index in [4.69, 9.17) is 11.6 Å². The average molecular weight is 330 g/mol. The third-order valence-corrected chi connectivity index (χ3v) is 4.47. The first-order valence-corrected chi connectivity index (χ1v) is 8.53. The Morgan fingerprint density at radius 3 is 2.59 bits per heavy atom. The van der Waals surface area contributed by atoms with Crippen LogP contribution in [0.15, 0.2) is 59.5 Å². The number of para-hydroxylation sites is 1. The Balaban J connectivity index is 1.56. The van der Waals surface area contributed by atoms with Gasteiger partial charge in [0.15, 0.2) is 0 Å². The minimum absolute atomic E-state index is 0.278. The minimum Gasteiger partial charge on any atom is -0.369 e. The van der Waals surface area contributed by atoms with Crippen molar-refractivity contribution in [1.82, 2.24) is 9.97 Å². The highest BCUT2D eigenvalue weighted by molar-refractivity contribution is 7.99. The molecular formula is C17H16ClN3S.